The number of thiocarbonyl (C=S) groups is 1. The first-order chi connectivity index (χ1) is 15.1. The minimum atomic E-state index is -0.388. The monoisotopic (exact) mass is 437 g/mol. The van der Waals surface area contributed by atoms with E-state index in [0.29, 0.717) is 24.5 Å². The number of ether oxygens (including phenoxy) is 1. The summed E-state index contributed by atoms with van der Waals surface area (Å²) in [7, 11) is 0. The summed E-state index contributed by atoms with van der Waals surface area (Å²) in [5.41, 5.74) is 6.59. The number of benzene rings is 2. The fourth-order valence-corrected chi connectivity index (χ4v) is 2.82. The number of imidazole rings is 1. The van der Waals surface area contributed by atoms with E-state index in [1.165, 1.54) is 5.56 Å². The Morgan fingerprint density at radius 2 is 1.81 bits per heavy atom. The number of carbonyl (C=O) groups is 2. The second kappa shape index (κ2) is 11.5. The number of nitrogens with one attached hydrogen (secondary N) is 3. The second-order valence-corrected chi connectivity index (χ2v) is 7.02. The Morgan fingerprint density at radius 1 is 1.03 bits per heavy atom. The van der Waals surface area contributed by atoms with Gasteiger partial charge in [-0.1, -0.05) is 30.3 Å². The van der Waals surface area contributed by atoms with E-state index >= 15 is 0 Å². The molecule has 3 aromatic rings. The molecule has 2 amide bonds. The van der Waals surface area contributed by atoms with E-state index in [1.807, 2.05) is 18.2 Å². The molecule has 3 rings (SSSR count). The summed E-state index contributed by atoms with van der Waals surface area (Å²) in [6, 6.07) is 16.8. The normalized spacial score (nSPS) is 10.2. The van der Waals surface area contributed by atoms with Gasteiger partial charge < -0.3 is 9.30 Å². The van der Waals surface area contributed by atoms with E-state index in [0.717, 1.165) is 6.42 Å². The minimum Gasteiger partial charge on any atom is -0.493 e. The molecule has 0 radical (unpaired) electrons. The molecule has 8 nitrogen and oxygen atoms in total. The van der Waals surface area contributed by atoms with Gasteiger partial charge in [-0.15, -0.1) is 0 Å². The van der Waals surface area contributed by atoms with Crippen molar-refractivity contribution in [2.24, 2.45) is 0 Å². The Hall–Kier alpha value is -3.72. The Balaban J connectivity index is 1.36. The molecule has 0 bridgehead atoms. The average molecular weight is 438 g/mol. The lowest BCUT2D eigenvalue weighted by molar-refractivity contribution is -0.121. The van der Waals surface area contributed by atoms with Crippen LogP contribution in [0.4, 0.5) is 0 Å². The van der Waals surface area contributed by atoms with Crippen molar-refractivity contribution in [2.45, 2.75) is 19.4 Å². The van der Waals surface area contributed by atoms with E-state index in [-0.39, 0.29) is 23.3 Å². The molecule has 1 heterocycles. The van der Waals surface area contributed by atoms with E-state index in [4.69, 9.17) is 17.0 Å². The molecule has 0 atom stereocenters. The number of nitrogens with zero attached hydrogens (tertiary/aromatic N) is 2. The molecular formula is C22H23N5O3S. The van der Waals surface area contributed by atoms with Gasteiger partial charge in [-0.3, -0.25) is 25.8 Å². The Bertz CT molecular complexity index is 992. The van der Waals surface area contributed by atoms with Crippen molar-refractivity contribution in [3.05, 3.63) is 84.4 Å². The predicted molar refractivity (Wildman–Crippen MR) is 120 cm³/mol. The maximum absolute atomic E-state index is 12.3. The molecular weight excluding hydrogens is 414 g/mol. The molecule has 0 aliphatic carbocycles. The van der Waals surface area contributed by atoms with E-state index in [1.54, 1.807) is 47.6 Å². The fraction of sp³-hybridized carbons (Fsp3) is 0.182. The highest BCUT2D eigenvalue weighted by Crippen LogP contribution is 2.13. The Kier molecular flexibility index (Phi) is 8.13. The molecule has 3 N–H and O–H groups in total. The quantitative estimate of drug-likeness (QED) is 0.369. The first-order valence-electron chi connectivity index (χ1n) is 9.73. The zero-order valence-corrected chi connectivity index (χ0v) is 17.6. The highest BCUT2D eigenvalue weighted by atomic mass is 32.1. The summed E-state index contributed by atoms with van der Waals surface area (Å²) < 4.78 is 7.50. The molecule has 0 aliphatic rings. The SMILES string of the molecule is O=C(CCn1ccnc1)NNC(=S)NC(=O)c1ccc(OCCc2ccccc2)cc1. The summed E-state index contributed by atoms with van der Waals surface area (Å²) >= 11 is 5.04. The van der Waals surface area contributed by atoms with Crippen LogP contribution in [0.15, 0.2) is 73.3 Å². The highest BCUT2D eigenvalue weighted by Gasteiger charge is 2.09. The number of hydrogen-bond acceptors (Lipinski definition) is 5. The third-order valence-electron chi connectivity index (χ3n) is 4.32. The lowest BCUT2D eigenvalue weighted by atomic mass is 10.2. The Morgan fingerprint density at radius 3 is 2.52 bits per heavy atom. The molecule has 0 aliphatic heterocycles. The number of rotatable bonds is 8. The van der Waals surface area contributed by atoms with Gasteiger partial charge in [0, 0.05) is 37.3 Å². The van der Waals surface area contributed by atoms with Gasteiger partial charge in [0.2, 0.25) is 5.91 Å². The van der Waals surface area contributed by atoms with Crippen molar-refractivity contribution >= 4 is 29.1 Å². The molecule has 0 spiro atoms. The maximum Gasteiger partial charge on any atom is 0.257 e. The van der Waals surface area contributed by atoms with Crippen molar-refractivity contribution in [2.75, 3.05) is 6.61 Å². The van der Waals surface area contributed by atoms with Crippen LogP contribution in [0.25, 0.3) is 0 Å². The zero-order chi connectivity index (χ0) is 21.9. The first kappa shape index (κ1) is 22.0. The van der Waals surface area contributed by atoms with Crippen LogP contribution in [0.1, 0.15) is 22.3 Å². The van der Waals surface area contributed by atoms with Gasteiger partial charge in [-0.05, 0) is 42.0 Å². The van der Waals surface area contributed by atoms with E-state index in [2.05, 4.69) is 33.3 Å². The lowest BCUT2D eigenvalue weighted by Crippen LogP contribution is -2.48. The lowest BCUT2D eigenvalue weighted by Gasteiger charge is -2.11. The van der Waals surface area contributed by atoms with Gasteiger partial charge in [0.15, 0.2) is 5.11 Å². The van der Waals surface area contributed by atoms with Crippen LogP contribution in [0.2, 0.25) is 0 Å². The number of carbonyl (C=O) groups excluding carboxylic acids is 2. The average Bonchev–Trinajstić information content (AvgIpc) is 3.31. The largest absolute Gasteiger partial charge is 0.493 e. The van der Waals surface area contributed by atoms with Crippen molar-refractivity contribution in [3.63, 3.8) is 0 Å². The first-order valence-corrected chi connectivity index (χ1v) is 10.1. The molecule has 31 heavy (non-hydrogen) atoms. The summed E-state index contributed by atoms with van der Waals surface area (Å²) in [6.45, 7) is 1.04. The highest BCUT2D eigenvalue weighted by molar-refractivity contribution is 7.80. The predicted octanol–water partition coefficient (Wildman–Crippen LogP) is 2.23. The van der Waals surface area contributed by atoms with Crippen LogP contribution in [0.3, 0.4) is 0 Å². The van der Waals surface area contributed by atoms with Gasteiger partial charge in [0.1, 0.15) is 5.75 Å². The molecule has 0 unspecified atom stereocenters. The van der Waals surface area contributed by atoms with Crippen LogP contribution in [-0.2, 0) is 17.8 Å². The van der Waals surface area contributed by atoms with Crippen LogP contribution in [0.5, 0.6) is 5.75 Å². The maximum atomic E-state index is 12.3. The van der Waals surface area contributed by atoms with Crippen LogP contribution in [0, 0.1) is 0 Å². The topological polar surface area (TPSA) is 97.3 Å². The fourth-order valence-electron chi connectivity index (χ4n) is 2.68. The number of aryl methyl sites for hydroxylation is 1. The molecule has 0 saturated heterocycles. The third-order valence-corrected chi connectivity index (χ3v) is 4.52. The number of aromatic nitrogens is 2. The minimum absolute atomic E-state index is 0.00386. The number of hydrazine groups is 1. The molecule has 9 heteroatoms. The van der Waals surface area contributed by atoms with Gasteiger partial charge >= 0.3 is 0 Å². The number of amides is 2. The van der Waals surface area contributed by atoms with Crippen molar-refractivity contribution in [1.82, 2.24) is 25.7 Å². The van der Waals surface area contributed by atoms with Gasteiger partial charge in [-0.25, -0.2) is 4.98 Å². The molecule has 0 fully saturated rings. The van der Waals surface area contributed by atoms with Gasteiger partial charge in [-0.2, -0.15) is 0 Å². The zero-order valence-electron chi connectivity index (χ0n) is 16.8. The summed E-state index contributed by atoms with van der Waals surface area (Å²) in [4.78, 5) is 28.0. The van der Waals surface area contributed by atoms with Crippen molar-refractivity contribution in [1.29, 1.82) is 0 Å². The molecule has 0 saturated carbocycles. The van der Waals surface area contributed by atoms with Crippen LogP contribution < -0.4 is 20.9 Å². The van der Waals surface area contributed by atoms with Crippen LogP contribution >= 0.6 is 12.2 Å². The van der Waals surface area contributed by atoms with E-state index in [9.17, 15) is 9.59 Å². The van der Waals surface area contributed by atoms with Gasteiger partial charge in [0.25, 0.3) is 5.91 Å². The number of hydrogen-bond donors (Lipinski definition) is 3. The molecule has 2 aromatic carbocycles. The second-order valence-electron chi connectivity index (χ2n) is 6.62. The summed E-state index contributed by atoms with van der Waals surface area (Å²) in [5.74, 6) is 0.0293. The van der Waals surface area contributed by atoms with E-state index < -0.39 is 0 Å². The van der Waals surface area contributed by atoms with Crippen molar-refractivity contribution in [3.8, 4) is 5.75 Å². The van der Waals surface area contributed by atoms with Gasteiger partial charge in [0.05, 0.1) is 12.9 Å². The Labute approximate surface area is 185 Å². The van der Waals surface area contributed by atoms with Crippen LogP contribution in [-0.4, -0.2) is 33.1 Å². The van der Waals surface area contributed by atoms with Crippen molar-refractivity contribution < 1.29 is 14.3 Å². The smallest absolute Gasteiger partial charge is 0.257 e. The standard InChI is InChI=1S/C22H23N5O3S/c28-20(10-13-27-14-12-23-16-27)25-26-22(31)24-21(29)18-6-8-19(9-7-18)30-15-11-17-4-2-1-3-5-17/h1-9,12,14,16H,10-11,13,15H2,(H,25,28)(H2,24,26,29,31). The summed E-state index contributed by atoms with van der Waals surface area (Å²) in [6.07, 6.45) is 6.09. The molecule has 1 aromatic heterocycles. The molecule has 160 valence electrons. The third kappa shape index (κ3) is 7.56. The summed E-state index contributed by atoms with van der Waals surface area (Å²) in [5, 5.41) is 2.52.